The van der Waals surface area contributed by atoms with E-state index in [0.29, 0.717) is 22.3 Å². The molecule has 5 heteroatoms. The molecule has 0 saturated carbocycles. The predicted octanol–water partition coefficient (Wildman–Crippen LogP) is 9.18. The van der Waals surface area contributed by atoms with E-state index in [9.17, 15) is 9.59 Å². The summed E-state index contributed by atoms with van der Waals surface area (Å²) < 4.78 is 13.7. The van der Waals surface area contributed by atoms with E-state index in [1.807, 2.05) is 116 Å². The van der Waals surface area contributed by atoms with Crippen molar-refractivity contribution in [3.63, 3.8) is 0 Å². The molecule has 9 aromatic rings. The molecule has 0 amide bonds. The lowest BCUT2D eigenvalue weighted by Gasteiger charge is -2.07. The van der Waals surface area contributed by atoms with Gasteiger partial charge in [0.1, 0.15) is 11.2 Å². The highest BCUT2D eigenvalue weighted by molar-refractivity contribution is 6.12. The first-order valence-corrected chi connectivity index (χ1v) is 14.5. The smallest absolute Gasteiger partial charge is 0.344 e. The van der Waals surface area contributed by atoms with E-state index in [-0.39, 0.29) is 11.3 Å². The molecule has 6 aromatic carbocycles. The summed E-state index contributed by atoms with van der Waals surface area (Å²) >= 11 is 0. The fourth-order valence-corrected chi connectivity index (χ4v) is 6.70. The second-order valence-electron chi connectivity index (χ2n) is 11.3. The highest BCUT2D eigenvalue weighted by atomic mass is 16.4. The normalized spacial score (nSPS) is 11.9. The molecule has 5 nitrogen and oxygen atoms in total. The quantitative estimate of drug-likeness (QED) is 0.154. The largest absolute Gasteiger partial charge is 0.422 e. The molecule has 0 radical (unpaired) electrons. The van der Waals surface area contributed by atoms with Crippen molar-refractivity contribution in [1.29, 1.82) is 0 Å². The van der Waals surface area contributed by atoms with E-state index in [0.717, 1.165) is 65.3 Å². The molecule has 0 atom stereocenters. The zero-order chi connectivity index (χ0) is 29.5. The van der Waals surface area contributed by atoms with Crippen LogP contribution in [0.3, 0.4) is 0 Å². The van der Waals surface area contributed by atoms with Crippen LogP contribution in [0.2, 0.25) is 0 Å². The SMILES string of the molecule is Cn1c2ccc(-c3cc4c(ccc5ccccc54)oc3=O)cc2c2cc(-c3cc4c(ccc5ccccc54)oc3=O)ccc21. The van der Waals surface area contributed by atoms with Crippen LogP contribution in [-0.2, 0) is 7.05 Å². The molecule has 44 heavy (non-hydrogen) atoms. The third-order valence-corrected chi connectivity index (χ3v) is 8.91. The van der Waals surface area contributed by atoms with Crippen molar-refractivity contribution in [2.45, 2.75) is 0 Å². The minimum absolute atomic E-state index is 0.381. The molecule has 9 rings (SSSR count). The molecular weight excluding hydrogens is 546 g/mol. The van der Waals surface area contributed by atoms with E-state index in [1.165, 1.54) is 0 Å². The Bertz CT molecular complexity index is 2590. The van der Waals surface area contributed by atoms with E-state index in [2.05, 4.69) is 16.7 Å². The van der Waals surface area contributed by atoms with Crippen molar-refractivity contribution in [3.8, 4) is 22.3 Å². The van der Waals surface area contributed by atoms with E-state index < -0.39 is 0 Å². The summed E-state index contributed by atoms with van der Waals surface area (Å²) in [5.74, 6) is 0. The molecule has 3 heterocycles. The van der Waals surface area contributed by atoms with E-state index >= 15 is 0 Å². The molecular formula is C39H23NO4. The maximum absolute atomic E-state index is 13.2. The first-order chi connectivity index (χ1) is 21.5. The molecule has 0 aliphatic heterocycles. The lowest BCUT2D eigenvalue weighted by Crippen LogP contribution is -2.03. The summed E-state index contributed by atoms with van der Waals surface area (Å²) in [7, 11) is 2.02. The first-order valence-electron chi connectivity index (χ1n) is 14.5. The molecule has 0 spiro atoms. The molecule has 0 bridgehead atoms. The van der Waals surface area contributed by atoms with Crippen LogP contribution in [-0.4, -0.2) is 4.57 Å². The average molecular weight is 570 g/mol. The van der Waals surface area contributed by atoms with Crippen molar-refractivity contribution in [2.24, 2.45) is 7.05 Å². The van der Waals surface area contributed by atoms with Gasteiger partial charge in [-0.3, -0.25) is 0 Å². The van der Waals surface area contributed by atoms with Gasteiger partial charge >= 0.3 is 11.3 Å². The topological polar surface area (TPSA) is 65.3 Å². The van der Waals surface area contributed by atoms with Crippen molar-refractivity contribution < 1.29 is 8.83 Å². The minimum Gasteiger partial charge on any atom is -0.422 e. The number of hydrogen-bond donors (Lipinski definition) is 0. The molecule has 0 saturated heterocycles. The van der Waals surface area contributed by atoms with Gasteiger partial charge in [-0.05, 0) is 81.2 Å². The highest BCUT2D eigenvalue weighted by Crippen LogP contribution is 2.36. The van der Waals surface area contributed by atoms with E-state index in [4.69, 9.17) is 8.83 Å². The van der Waals surface area contributed by atoms with Crippen LogP contribution in [0.25, 0.3) is 87.5 Å². The van der Waals surface area contributed by atoms with Crippen molar-refractivity contribution in [2.75, 3.05) is 0 Å². The number of aromatic nitrogens is 1. The highest BCUT2D eigenvalue weighted by Gasteiger charge is 2.16. The molecule has 0 aliphatic carbocycles. The van der Waals surface area contributed by atoms with Crippen LogP contribution in [0.5, 0.6) is 0 Å². The summed E-state index contributed by atoms with van der Waals surface area (Å²) in [6.07, 6.45) is 0. The predicted molar refractivity (Wildman–Crippen MR) is 178 cm³/mol. The lowest BCUT2D eigenvalue weighted by atomic mass is 9.99. The van der Waals surface area contributed by atoms with Gasteiger partial charge in [-0.1, -0.05) is 72.8 Å². The Kier molecular flexibility index (Phi) is 5.06. The third kappa shape index (κ3) is 3.53. The van der Waals surface area contributed by atoms with E-state index in [1.54, 1.807) is 0 Å². The number of nitrogens with zero attached hydrogens (tertiary/aromatic N) is 1. The van der Waals surface area contributed by atoms with Crippen LogP contribution in [0.4, 0.5) is 0 Å². The zero-order valence-electron chi connectivity index (χ0n) is 23.6. The van der Waals surface area contributed by atoms with Gasteiger partial charge in [0, 0.05) is 39.6 Å². The summed E-state index contributed by atoms with van der Waals surface area (Å²) in [5, 5.41) is 8.00. The molecule has 3 aromatic heterocycles. The van der Waals surface area contributed by atoms with Crippen molar-refractivity contribution in [1.82, 2.24) is 4.57 Å². The summed E-state index contributed by atoms with van der Waals surface area (Å²) in [5.41, 5.74) is 4.97. The minimum atomic E-state index is -0.381. The van der Waals surface area contributed by atoms with Gasteiger partial charge in [-0.2, -0.15) is 0 Å². The molecule has 0 fully saturated rings. The van der Waals surface area contributed by atoms with Gasteiger partial charge in [0.05, 0.1) is 11.1 Å². The fourth-order valence-electron chi connectivity index (χ4n) is 6.70. The fraction of sp³-hybridized carbons (Fsp3) is 0.0256. The average Bonchev–Trinajstić information content (AvgIpc) is 3.34. The van der Waals surface area contributed by atoms with Gasteiger partial charge < -0.3 is 13.4 Å². The second-order valence-corrected chi connectivity index (χ2v) is 11.3. The standard InChI is InChI=1S/C39H23NO4/c1-40-34-14-10-24(28-20-32-26-8-4-2-6-22(26)12-16-36(32)43-38(28)41)18-30(34)31-19-25(11-15-35(31)40)29-21-33-27-9-5-3-7-23(27)13-17-37(33)44-39(29)42/h2-21H,1H3. The molecule has 0 N–H and O–H groups in total. The van der Waals surface area contributed by atoms with Crippen molar-refractivity contribution >= 4 is 65.3 Å². The Balaban J connectivity index is 1.26. The molecule has 0 unspecified atom stereocenters. The van der Waals surface area contributed by atoms with Gasteiger partial charge in [0.25, 0.3) is 0 Å². The Morgan fingerprint density at radius 3 is 1.39 bits per heavy atom. The Hall–Kier alpha value is -5.94. The number of fused-ring (bicyclic) bond motifs is 9. The van der Waals surface area contributed by atoms with Gasteiger partial charge in [0.15, 0.2) is 0 Å². The molecule has 0 aliphatic rings. The van der Waals surface area contributed by atoms with Crippen LogP contribution in [0.1, 0.15) is 0 Å². The number of rotatable bonds is 2. The maximum atomic E-state index is 13.2. The van der Waals surface area contributed by atoms with Gasteiger partial charge in [-0.15, -0.1) is 0 Å². The third-order valence-electron chi connectivity index (χ3n) is 8.91. The Morgan fingerprint density at radius 2 is 0.909 bits per heavy atom. The number of hydrogen-bond acceptors (Lipinski definition) is 4. The van der Waals surface area contributed by atoms with Crippen LogP contribution in [0.15, 0.2) is 140 Å². The van der Waals surface area contributed by atoms with Gasteiger partial charge in [-0.25, -0.2) is 9.59 Å². The van der Waals surface area contributed by atoms with Crippen LogP contribution < -0.4 is 11.3 Å². The Labute approximate surface area is 249 Å². The number of benzene rings is 6. The van der Waals surface area contributed by atoms with Crippen LogP contribution in [0, 0.1) is 0 Å². The van der Waals surface area contributed by atoms with Crippen LogP contribution >= 0.6 is 0 Å². The monoisotopic (exact) mass is 569 g/mol. The summed E-state index contributed by atoms with van der Waals surface area (Å²) in [6, 6.07) is 39.8. The Morgan fingerprint density at radius 1 is 0.455 bits per heavy atom. The van der Waals surface area contributed by atoms with Crippen molar-refractivity contribution in [3.05, 3.63) is 142 Å². The van der Waals surface area contributed by atoms with Gasteiger partial charge in [0.2, 0.25) is 0 Å². The second kappa shape index (κ2) is 9.03. The lowest BCUT2D eigenvalue weighted by molar-refractivity contribution is 0.563. The maximum Gasteiger partial charge on any atom is 0.344 e. The summed E-state index contributed by atoms with van der Waals surface area (Å²) in [6.45, 7) is 0. The zero-order valence-corrected chi connectivity index (χ0v) is 23.6. The first kappa shape index (κ1) is 24.6. The number of aryl methyl sites for hydroxylation is 1. The molecule has 208 valence electrons. The summed E-state index contributed by atoms with van der Waals surface area (Å²) in [4.78, 5) is 26.5.